The third kappa shape index (κ3) is 5.40. The van der Waals surface area contributed by atoms with E-state index in [0.717, 1.165) is 66.7 Å². The van der Waals surface area contributed by atoms with E-state index in [1.54, 1.807) is 12.1 Å². The number of likely N-dealkylation sites (tertiary alicyclic amines) is 1. The Balaban J connectivity index is 1.19. The minimum Gasteiger partial charge on any atom is -0.478 e. The predicted octanol–water partition coefficient (Wildman–Crippen LogP) is 8.62. The Bertz CT molecular complexity index is 1850. The molecule has 0 amide bonds. The van der Waals surface area contributed by atoms with Crippen LogP contribution in [0.25, 0.3) is 33.0 Å². The molecular formula is C38H32F3NO3. The van der Waals surface area contributed by atoms with Crippen LogP contribution in [0.4, 0.5) is 13.2 Å². The Morgan fingerprint density at radius 3 is 2.02 bits per heavy atom. The smallest absolute Gasteiger partial charge is 0.416 e. The number of carboxylic acid groups (broad SMARTS) is 1. The van der Waals surface area contributed by atoms with Gasteiger partial charge >= 0.3 is 12.1 Å². The fourth-order valence-corrected chi connectivity index (χ4v) is 7.46. The molecule has 0 aromatic heterocycles. The van der Waals surface area contributed by atoms with E-state index >= 15 is 0 Å². The van der Waals surface area contributed by atoms with E-state index in [0.29, 0.717) is 16.5 Å². The van der Waals surface area contributed by atoms with Crippen molar-refractivity contribution >= 4 is 16.7 Å². The lowest BCUT2D eigenvalue weighted by Gasteiger charge is -2.45. The van der Waals surface area contributed by atoms with Crippen molar-refractivity contribution in [1.29, 1.82) is 0 Å². The Labute approximate surface area is 259 Å². The maximum absolute atomic E-state index is 13.1. The number of alkyl halides is 3. The molecule has 5 aromatic carbocycles. The third-order valence-corrected chi connectivity index (χ3v) is 9.72. The summed E-state index contributed by atoms with van der Waals surface area (Å²) in [6.45, 7) is 2.53. The van der Waals surface area contributed by atoms with Gasteiger partial charge in [0.2, 0.25) is 0 Å². The van der Waals surface area contributed by atoms with Crippen molar-refractivity contribution in [1.82, 2.24) is 4.90 Å². The van der Waals surface area contributed by atoms with Gasteiger partial charge in [-0.2, -0.15) is 13.2 Å². The second-order valence-corrected chi connectivity index (χ2v) is 12.4. The van der Waals surface area contributed by atoms with Gasteiger partial charge in [0.1, 0.15) is 0 Å². The van der Waals surface area contributed by atoms with E-state index in [9.17, 15) is 28.2 Å². The van der Waals surface area contributed by atoms with Crippen LogP contribution in [-0.4, -0.2) is 34.2 Å². The molecule has 2 fully saturated rings. The molecule has 1 aliphatic heterocycles. The molecular weight excluding hydrogens is 575 g/mol. The largest absolute Gasteiger partial charge is 0.478 e. The van der Waals surface area contributed by atoms with Crippen LogP contribution < -0.4 is 0 Å². The lowest BCUT2D eigenvalue weighted by atomic mass is 9.75. The highest BCUT2D eigenvalue weighted by Gasteiger charge is 2.53. The summed E-state index contributed by atoms with van der Waals surface area (Å²) in [5, 5.41) is 23.5. The Hall–Kier alpha value is -4.46. The second-order valence-electron chi connectivity index (χ2n) is 12.4. The number of piperidine rings is 1. The van der Waals surface area contributed by atoms with Crippen molar-refractivity contribution in [2.75, 3.05) is 13.1 Å². The van der Waals surface area contributed by atoms with Gasteiger partial charge in [-0.25, -0.2) is 4.79 Å². The first kappa shape index (κ1) is 29.3. The third-order valence-electron chi connectivity index (χ3n) is 9.72. The Morgan fingerprint density at radius 2 is 1.40 bits per heavy atom. The van der Waals surface area contributed by atoms with Gasteiger partial charge < -0.3 is 10.2 Å². The van der Waals surface area contributed by atoms with Gasteiger partial charge in [0, 0.05) is 31.5 Å². The highest BCUT2D eigenvalue weighted by atomic mass is 19.4. The zero-order chi connectivity index (χ0) is 31.3. The van der Waals surface area contributed by atoms with Crippen molar-refractivity contribution in [3.63, 3.8) is 0 Å². The number of aromatic carboxylic acids is 1. The average Bonchev–Trinajstić information content (AvgIpc) is 3.19. The van der Waals surface area contributed by atoms with Crippen molar-refractivity contribution in [3.05, 3.63) is 131 Å². The molecule has 45 heavy (non-hydrogen) atoms. The summed E-state index contributed by atoms with van der Waals surface area (Å²) in [5.41, 5.74) is 3.51. The van der Waals surface area contributed by atoms with Gasteiger partial charge in [0.25, 0.3) is 0 Å². The fourth-order valence-electron chi connectivity index (χ4n) is 7.46. The van der Waals surface area contributed by atoms with E-state index in [1.807, 2.05) is 48.5 Å². The molecule has 1 aliphatic carbocycles. The van der Waals surface area contributed by atoms with Gasteiger partial charge in [-0.15, -0.1) is 0 Å². The molecule has 0 unspecified atom stereocenters. The summed E-state index contributed by atoms with van der Waals surface area (Å²) >= 11 is 0. The van der Waals surface area contributed by atoms with Crippen molar-refractivity contribution in [3.8, 4) is 22.3 Å². The highest BCUT2D eigenvalue weighted by Crippen LogP contribution is 2.51. The molecule has 2 atom stereocenters. The quantitative estimate of drug-likeness (QED) is 0.203. The van der Waals surface area contributed by atoms with E-state index < -0.39 is 23.3 Å². The maximum Gasteiger partial charge on any atom is 0.416 e. The molecule has 1 saturated carbocycles. The molecule has 0 radical (unpaired) electrons. The summed E-state index contributed by atoms with van der Waals surface area (Å²) < 4.78 is 39.2. The van der Waals surface area contributed by atoms with Crippen LogP contribution in [0.1, 0.15) is 39.9 Å². The second kappa shape index (κ2) is 11.2. The molecule has 228 valence electrons. The average molecular weight is 608 g/mol. The summed E-state index contributed by atoms with van der Waals surface area (Å²) in [4.78, 5) is 14.5. The number of aliphatic hydroxyl groups is 1. The lowest BCUT2D eigenvalue weighted by Crippen LogP contribution is -2.51. The molecule has 2 N–H and O–H groups in total. The fraction of sp³-hybridized carbons (Fsp3) is 0.237. The Morgan fingerprint density at radius 1 is 0.778 bits per heavy atom. The topological polar surface area (TPSA) is 60.8 Å². The van der Waals surface area contributed by atoms with Crippen molar-refractivity contribution in [2.24, 2.45) is 11.8 Å². The first-order valence-corrected chi connectivity index (χ1v) is 15.2. The highest BCUT2D eigenvalue weighted by molar-refractivity contribution is 6.04. The number of fused-ring (bicyclic) bond motifs is 3. The molecule has 1 heterocycles. The monoisotopic (exact) mass is 607 g/mol. The number of halogens is 3. The van der Waals surface area contributed by atoms with Crippen LogP contribution >= 0.6 is 0 Å². The van der Waals surface area contributed by atoms with Crippen LogP contribution in [-0.2, 0) is 18.3 Å². The summed E-state index contributed by atoms with van der Waals surface area (Å²) in [5.74, 6) is -0.806. The van der Waals surface area contributed by atoms with Gasteiger partial charge in [-0.05, 0) is 87.3 Å². The Kier molecular flexibility index (Phi) is 7.26. The number of nitrogens with zero attached hydrogens (tertiary/aromatic N) is 1. The SMILES string of the molecule is O=C(O)c1cc(-c2ccc(C3(O)[C@H]4CC[C@H]3CN(Cc3ccccc3)C4)cc2)c2ccc(-c3ccc(C(F)(F)F)cc3)cc2c1. The van der Waals surface area contributed by atoms with Crippen LogP contribution in [0.5, 0.6) is 0 Å². The lowest BCUT2D eigenvalue weighted by molar-refractivity contribution is -0.137. The number of rotatable bonds is 6. The van der Waals surface area contributed by atoms with Crippen LogP contribution in [0.3, 0.4) is 0 Å². The number of hydrogen-bond acceptors (Lipinski definition) is 3. The van der Waals surface area contributed by atoms with E-state index in [4.69, 9.17) is 0 Å². The number of benzene rings is 5. The van der Waals surface area contributed by atoms with Crippen LogP contribution in [0.2, 0.25) is 0 Å². The first-order valence-electron chi connectivity index (χ1n) is 15.2. The predicted molar refractivity (Wildman–Crippen MR) is 169 cm³/mol. The molecule has 4 nitrogen and oxygen atoms in total. The number of carbonyl (C=O) groups is 1. The molecule has 7 rings (SSSR count). The molecule has 5 aromatic rings. The van der Waals surface area contributed by atoms with Gasteiger partial charge in [-0.3, -0.25) is 4.90 Å². The summed E-state index contributed by atoms with van der Waals surface area (Å²) in [7, 11) is 0. The number of hydrogen-bond donors (Lipinski definition) is 2. The van der Waals surface area contributed by atoms with E-state index in [2.05, 4.69) is 29.2 Å². The number of carboxylic acids is 1. The zero-order valence-electron chi connectivity index (χ0n) is 24.5. The maximum atomic E-state index is 13.1. The van der Waals surface area contributed by atoms with E-state index in [-0.39, 0.29) is 17.4 Å². The van der Waals surface area contributed by atoms with E-state index in [1.165, 1.54) is 17.7 Å². The minimum atomic E-state index is -4.42. The molecule has 7 heteroatoms. The zero-order valence-corrected chi connectivity index (χ0v) is 24.5. The molecule has 1 saturated heterocycles. The summed E-state index contributed by atoms with van der Waals surface area (Å²) in [6.07, 6.45) is -2.47. The standard InChI is InChI=1S/C38H32F3NO3/c39-38(40,41)31-13-6-25(7-14-31)27-10-17-34-28(18-27)19-29(36(43)44)20-35(34)26-8-11-30(12-9-26)37(45)32-15-16-33(37)23-42(22-32)21-24-4-2-1-3-5-24/h1-14,17-20,32-33,45H,15-16,21-23H2,(H,43,44)/t32-,33-/m0/s1. The van der Waals surface area contributed by atoms with Crippen molar-refractivity contribution < 1.29 is 28.2 Å². The van der Waals surface area contributed by atoms with Gasteiger partial charge in [0.05, 0.1) is 16.7 Å². The minimum absolute atomic E-state index is 0.119. The molecule has 0 spiro atoms. The van der Waals surface area contributed by atoms with Crippen LogP contribution in [0, 0.1) is 11.8 Å². The summed E-state index contributed by atoms with van der Waals surface area (Å²) in [6, 6.07) is 32.0. The normalized spacial score (nSPS) is 21.7. The van der Waals surface area contributed by atoms with Crippen LogP contribution in [0.15, 0.2) is 109 Å². The first-order chi connectivity index (χ1) is 21.6. The molecule has 2 aliphatic rings. The molecule has 2 bridgehead atoms. The van der Waals surface area contributed by atoms with Gasteiger partial charge in [-0.1, -0.05) is 78.9 Å². The van der Waals surface area contributed by atoms with Crippen molar-refractivity contribution in [2.45, 2.75) is 31.2 Å². The van der Waals surface area contributed by atoms with Gasteiger partial charge in [0.15, 0.2) is 0 Å².